The lowest BCUT2D eigenvalue weighted by Gasteiger charge is -2.42. The monoisotopic (exact) mass is 270 g/mol. The summed E-state index contributed by atoms with van der Waals surface area (Å²) in [5, 5.41) is 2.88. The van der Waals surface area contributed by atoms with Crippen LogP contribution in [0.1, 0.15) is 48.0 Å². The van der Waals surface area contributed by atoms with Crippen LogP contribution < -0.4 is 5.32 Å². The first-order chi connectivity index (χ1) is 8.54. The number of esters is 1. The number of likely N-dealkylation sites (N-methyl/N-ethyl adjacent to an activating group) is 1. The summed E-state index contributed by atoms with van der Waals surface area (Å²) in [6.07, 6.45) is 0.153. The van der Waals surface area contributed by atoms with Crippen LogP contribution in [0.15, 0.2) is 0 Å². The third-order valence-corrected chi connectivity index (χ3v) is 2.97. The third-order valence-electron chi connectivity index (χ3n) is 2.97. The molecular weight excluding hydrogens is 244 g/mol. The molecule has 1 saturated heterocycles. The van der Waals surface area contributed by atoms with Crippen LogP contribution >= 0.6 is 0 Å². The molecule has 1 unspecified atom stereocenters. The fourth-order valence-electron chi connectivity index (χ4n) is 2.31. The summed E-state index contributed by atoms with van der Waals surface area (Å²) in [6, 6.07) is -0.472. The molecule has 0 radical (unpaired) electrons. The quantitative estimate of drug-likeness (QED) is 0.786. The van der Waals surface area contributed by atoms with E-state index in [1.807, 2.05) is 46.4 Å². The summed E-state index contributed by atoms with van der Waals surface area (Å²) < 4.78 is 5.39. The Hall–Kier alpha value is -1.10. The molecule has 0 aromatic heterocycles. The zero-order valence-electron chi connectivity index (χ0n) is 12.9. The van der Waals surface area contributed by atoms with E-state index in [-0.39, 0.29) is 23.8 Å². The van der Waals surface area contributed by atoms with Crippen LogP contribution in [0.25, 0.3) is 0 Å². The smallest absolute Gasteiger partial charge is 0.324 e. The van der Waals surface area contributed by atoms with Gasteiger partial charge in [0.05, 0.1) is 6.42 Å². The van der Waals surface area contributed by atoms with Gasteiger partial charge in [-0.1, -0.05) is 6.92 Å². The van der Waals surface area contributed by atoms with Gasteiger partial charge in [0.25, 0.3) is 0 Å². The number of hydrogen-bond acceptors (Lipinski definition) is 4. The zero-order valence-corrected chi connectivity index (χ0v) is 12.9. The van der Waals surface area contributed by atoms with E-state index in [0.717, 1.165) is 6.54 Å². The van der Waals surface area contributed by atoms with Gasteiger partial charge in [-0.3, -0.25) is 14.5 Å². The predicted molar refractivity (Wildman–Crippen MR) is 73.7 cm³/mol. The van der Waals surface area contributed by atoms with Crippen molar-refractivity contribution in [1.29, 1.82) is 0 Å². The molecule has 0 bridgehead atoms. The van der Waals surface area contributed by atoms with Gasteiger partial charge >= 0.3 is 5.97 Å². The number of nitrogens with one attached hydrogen (secondary N) is 1. The second kappa shape index (κ2) is 5.49. The molecule has 19 heavy (non-hydrogen) atoms. The number of hydrogen-bond donors (Lipinski definition) is 1. The van der Waals surface area contributed by atoms with E-state index in [1.165, 1.54) is 0 Å². The molecule has 5 nitrogen and oxygen atoms in total. The number of carbonyl (C=O) groups is 2. The van der Waals surface area contributed by atoms with Gasteiger partial charge < -0.3 is 10.1 Å². The summed E-state index contributed by atoms with van der Waals surface area (Å²) in [4.78, 5) is 26.0. The maximum atomic E-state index is 12.0. The van der Waals surface area contributed by atoms with Crippen molar-refractivity contribution in [1.82, 2.24) is 10.2 Å². The molecule has 0 aromatic carbocycles. The first kappa shape index (κ1) is 16.0. The SMILES string of the molecule is CCN1CC(C)(C)OC(=O)C1CC(=O)NC(C)(C)C. The molecule has 5 heteroatoms. The van der Waals surface area contributed by atoms with Crippen LogP contribution in [0.5, 0.6) is 0 Å². The molecule has 110 valence electrons. The molecule has 1 fully saturated rings. The topological polar surface area (TPSA) is 58.6 Å². The van der Waals surface area contributed by atoms with E-state index in [0.29, 0.717) is 6.54 Å². The van der Waals surface area contributed by atoms with Crippen LogP contribution in [0.2, 0.25) is 0 Å². The predicted octanol–water partition coefficient (Wildman–Crippen LogP) is 1.32. The van der Waals surface area contributed by atoms with Gasteiger partial charge in [0.15, 0.2) is 0 Å². The number of amides is 1. The van der Waals surface area contributed by atoms with E-state index in [4.69, 9.17) is 4.74 Å². The van der Waals surface area contributed by atoms with Crippen molar-refractivity contribution in [3.05, 3.63) is 0 Å². The Morgan fingerprint density at radius 2 is 2.05 bits per heavy atom. The highest BCUT2D eigenvalue weighted by atomic mass is 16.6. The highest BCUT2D eigenvalue weighted by Gasteiger charge is 2.40. The van der Waals surface area contributed by atoms with Gasteiger partial charge in [-0.15, -0.1) is 0 Å². The fourth-order valence-corrected chi connectivity index (χ4v) is 2.31. The van der Waals surface area contributed by atoms with Crippen molar-refractivity contribution < 1.29 is 14.3 Å². The molecule has 1 amide bonds. The average molecular weight is 270 g/mol. The molecule has 0 spiro atoms. The minimum atomic E-state index is -0.482. The number of rotatable bonds is 3. The van der Waals surface area contributed by atoms with E-state index in [1.54, 1.807) is 0 Å². The summed E-state index contributed by atoms with van der Waals surface area (Å²) in [5.74, 6) is -0.422. The first-order valence-corrected chi connectivity index (χ1v) is 6.82. The van der Waals surface area contributed by atoms with Crippen molar-refractivity contribution in [2.24, 2.45) is 0 Å². The van der Waals surface area contributed by atoms with Gasteiger partial charge in [0.2, 0.25) is 5.91 Å². The maximum absolute atomic E-state index is 12.0. The van der Waals surface area contributed by atoms with Crippen LogP contribution in [0.4, 0.5) is 0 Å². The van der Waals surface area contributed by atoms with Crippen LogP contribution in [0.3, 0.4) is 0 Å². The Balaban J connectivity index is 2.71. The van der Waals surface area contributed by atoms with Crippen LogP contribution in [-0.2, 0) is 14.3 Å². The Kier molecular flexibility index (Phi) is 4.61. The summed E-state index contributed by atoms with van der Waals surface area (Å²) in [6.45, 7) is 12.9. The van der Waals surface area contributed by atoms with Gasteiger partial charge in [-0.25, -0.2) is 0 Å². The standard InChI is InChI=1S/C14H26N2O3/c1-7-16-9-14(5,6)19-12(18)10(16)8-11(17)15-13(2,3)4/h10H,7-9H2,1-6H3,(H,15,17). The van der Waals surface area contributed by atoms with Crippen LogP contribution in [0, 0.1) is 0 Å². The second-order valence-electron chi connectivity index (χ2n) is 6.76. The number of carbonyl (C=O) groups excluding carboxylic acids is 2. The molecule has 1 rings (SSSR count). The van der Waals surface area contributed by atoms with Crippen molar-refractivity contribution in [3.63, 3.8) is 0 Å². The second-order valence-corrected chi connectivity index (χ2v) is 6.76. The molecule has 1 heterocycles. The van der Waals surface area contributed by atoms with Gasteiger partial charge in [0, 0.05) is 12.1 Å². The number of morpholine rings is 1. The van der Waals surface area contributed by atoms with Gasteiger partial charge in [0.1, 0.15) is 11.6 Å². The number of cyclic esters (lactones) is 1. The highest BCUT2D eigenvalue weighted by Crippen LogP contribution is 2.23. The zero-order chi connectivity index (χ0) is 14.8. The van der Waals surface area contributed by atoms with Crippen LogP contribution in [-0.4, -0.2) is 47.0 Å². The number of ether oxygens (including phenoxy) is 1. The van der Waals surface area contributed by atoms with Crippen molar-refractivity contribution in [3.8, 4) is 0 Å². The largest absolute Gasteiger partial charge is 0.457 e. The normalized spacial score (nSPS) is 23.9. The van der Waals surface area contributed by atoms with Crippen molar-refractivity contribution in [2.75, 3.05) is 13.1 Å². The molecule has 1 aliphatic heterocycles. The van der Waals surface area contributed by atoms with E-state index < -0.39 is 11.6 Å². The van der Waals surface area contributed by atoms with Crippen molar-refractivity contribution in [2.45, 2.75) is 65.1 Å². The first-order valence-electron chi connectivity index (χ1n) is 6.82. The minimum absolute atomic E-state index is 0.118. The molecule has 0 aliphatic carbocycles. The summed E-state index contributed by atoms with van der Waals surface area (Å²) in [5.41, 5.74) is -0.768. The number of nitrogens with zero attached hydrogens (tertiary/aromatic N) is 1. The fraction of sp³-hybridized carbons (Fsp3) is 0.857. The molecular formula is C14H26N2O3. The molecule has 0 saturated carbocycles. The van der Waals surface area contributed by atoms with E-state index in [2.05, 4.69) is 5.32 Å². The van der Waals surface area contributed by atoms with Gasteiger partial charge in [-0.2, -0.15) is 0 Å². The summed E-state index contributed by atoms with van der Waals surface area (Å²) in [7, 11) is 0. The average Bonchev–Trinajstić information content (AvgIpc) is 2.18. The third kappa shape index (κ3) is 4.82. The van der Waals surface area contributed by atoms with Gasteiger partial charge in [-0.05, 0) is 41.2 Å². The Labute approximate surface area is 115 Å². The molecule has 1 N–H and O–H groups in total. The Bertz CT molecular complexity index is 358. The lowest BCUT2D eigenvalue weighted by atomic mass is 10.0. The highest BCUT2D eigenvalue weighted by molar-refractivity contribution is 5.86. The Morgan fingerprint density at radius 1 is 1.47 bits per heavy atom. The van der Waals surface area contributed by atoms with E-state index in [9.17, 15) is 9.59 Å². The molecule has 1 atom stereocenters. The molecule has 0 aromatic rings. The minimum Gasteiger partial charge on any atom is -0.457 e. The lowest BCUT2D eigenvalue weighted by Crippen LogP contribution is -2.58. The Morgan fingerprint density at radius 3 is 2.53 bits per heavy atom. The van der Waals surface area contributed by atoms with Crippen molar-refractivity contribution >= 4 is 11.9 Å². The summed E-state index contributed by atoms with van der Waals surface area (Å²) >= 11 is 0. The van der Waals surface area contributed by atoms with E-state index >= 15 is 0 Å². The lowest BCUT2D eigenvalue weighted by molar-refractivity contribution is -0.178. The maximum Gasteiger partial charge on any atom is 0.324 e. The molecule has 1 aliphatic rings.